The number of ether oxygens (including phenoxy) is 1. The summed E-state index contributed by atoms with van der Waals surface area (Å²) < 4.78 is 43.3. The standard InChI is InChI=1S/C26H21F3N4O3/c27-26(28,29)36-21-6-4-18(5-7-21)22-8-9-23(34)33-14-17-10-19(24(22)33)15-32(13-17)25(35)31-20-3-1-2-16(11-20)12-30/h1-9,11,17,19H,10,13-15H2,(H,31,35)/t17-,19-/m1/s1. The lowest BCUT2D eigenvalue weighted by Gasteiger charge is -2.43. The van der Waals surface area contributed by atoms with E-state index in [1.165, 1.54) is 30.3 Å². The SMILES string of the molecule is N#Cc1cccc(NC(=O)N2C[C@H]3C[C@H](C2)c2c(-c4ccc(OC(F)(F)F)cc4)ccc(=O)n2C3)c1. The molecule has 1 aromatic heterocycles. The fourth-order valence-electron chi connectivity index (χ4n) is 5.13. The normalized spacial score (nSPS) is 18.7. The number of amides is 2. The molecule has 0 radical (unpaired) electrons. The molecule has 2 atom stereocenters. The third kappa shape index (κ3) is 4.77. The summed E-state index contributed by atoms with van der Waals surface area (Å²) in [4.78, 5) is 27.5. The molecule has 36 heavy (non-hydrogen) atoms. The monoisotopic (exact) mass is 494 g/mol. The molecule has 5 rings (SSSR count). The highest BCUT2D eigenvalue weighted by atomic mass is 19.4. The number of pyridine rings is 1. The quantitative estimate of drug-likeness (QED) is 0.559. The molecule has 2 amide bonds. The number of carbonyl (C=O) groups is 1. The van der Waals surface area contributed by atoms with Gasteiger partial charge in [0.05, 0.1) is 11.6 Å². The average Bonchev–Trinajstić information content (AvgIpc) is 2.84. The number of rotatable bonds is 3. The minimum absolute atomic E-state index is 0.0861. The summed E-state index contributed by atoms with van der Waals surface area (Å²) in [5.41, 5.74) is 2.97. The molecular weight excluding hydrogens is 473 g/mol. The van der Waals surface area contributed by atoms with Crippen molar-refractivity contribution in [2.45, 2.75) is 25.2 Å². The Morgan fingerprint density at radius 3 is 2.56 bits per heavy atom. The van der Waals surface area contributed by atoms with Crippen LogP contribution in [0, 0.1) is 17.2 Å². The Bertz CT molecular complexity index is 1410. The Kier molecular flexibility index (Phi) is 5.92. The Balaban J connectivity index is 1.42. The van der Waals surface area contributed by atoms with Crippen molar-refractivity contribution in [1.29, 1.82) is 5.26 Å². The fourth-order valence-corrected chi connectivity index (χ4v) is 5.13. The Morgan fingerprint density at radius 2 is 1.83 bits per heavy atom. The van der Waals surface area contributed by atoms with E-state index in [4.69, 9.17) is 5.26 Å². The lowest BCUT2D eigenvalue weighted by atomic mass is 9.80. The largest absolute Gasteiger partial charge is 0.573 e. The predicted molar refractivity (Wildman–Crippen MR) is 125 cm³/mol. The highest BCUT2D eigenvalue weighted by molar-refractivity contribution is 5.89. The Hall–Kier alpha value is -4.26. The second-order valence-electron chi connectivity index (χ2n) is 8.98. The summed E-state index contributed by atoms with van der Waals surface area (Å²) >= 11 is 0. The van der Waals surface area contributed by atoms with Crippen molar-refractivity contribution < 1.29 is 22.7 Å². The van der Waals surface area contributed by atoms with Gasteiger partial charge in [0.2, 0.25) is 0 Å². The zero-order valence-electron chi connectivity index (χ0n) is 19.0. The minimum atomic E-state index is -4.78. The second kappa shape index (κ2) is 9.07. The van der Waals surface area contributed by atoms with Crippen molar-refractivity contribution in [3.8, 4) is 22.9 Å². The van der Waals surface area contributed by atoms with Crippen LogP contribution < -0.4 is 15.6 Å². The highest BCUT2D eigenvalue weighted by Crippen LogP contribution is 2.40. The number of nitriles is 1. The van der Waals surface area contributed by atoms with E-state index >= 15 is 0 Å². The lowest BCUT2D eigenvalue weighted by molar-refractivity contribution is -0.274. The van der Waals surface area contributed by atoms with E-state index in [0.717, 1.165) is 17.7 Å². The molecule has 3 aromatic rings. The molecule has 2 bridgehead atoms. The summed E-state index contributed by atoms with van der Waals surface area (Å²) in [5, 5.41) is 11.9. The first kappa shape index (κ1) is 23.5. The number of carbonyl (C=O) groups excluding carboxylic acids is 1. The van der Waals surface area contributed by atoms with Crippen LogP contribution in [0.25, 0.3) is 11.1 Å². The molecule has 3 heterocycles. The number of piperidine rings is 1. The zero-order valence-corrected chi connectivity index (χ0v) is 19.0. The number of hydrogen-bond acceptors (Lipinski definition) is 4. The van der Waals surface area contributed by atoms with Crippen LogP contribution >= 0.6 is 0 Å². The Morgan fingerprint density at radius 1 is 1.06 bits per heavy atom. The third-order valence-electron chi connectivity index (χ3n) is 6.52. The maximum Gasteiger partial charge on any atom is 0.573 e. The van der Waals surface area contributed by atoms with Crippen LogP contribution in [0.2, 0.25) is 0 Å². The predicted octanol–water partition coefficient (Wildman–Crippen LogP) is 4.94. The molecule has 1 saturated heterocycles. The van der Waals surface area contributed by atoms with Crippen LogP contribution in [0.15, 0.2) is 65.5 Å². The van der Waals surface area contributed by atoms with Gasteiger partial charge in [-0.05, 0) is 54.3 Å². The van der Waals surface area contributed by atoms with Crippen LogP contribution in [0.3, 0.4) is 0 Å². The first-order chi connectivity index (χ1) is 17.2. The van der Waals surface area contributed by atoms with Crippen molar-refractivity contribution in [2.75, 3.05) is 18.4 Å². The summed E-state index contributed by atoms with van der Waals surface area (Å²) in [7, 11) is 0. The summed E-state index contributed by atoms with van der Waals surface area (Å²) in [5.74, 6) is -0.360. The summed E-state index contributed by atoms with van der Waals surface area (Å²) in [6.45, 7) is 1.31. The number of aromatic nitrogens is 1. The van der Waals surface area contributed by atoms with E-state index in [9.17, 15) is 22.8 Å². The molecule has 2 aliphatic rings. The highest BCUT2D eigenvalue weighted by Gasteiger charge is 2.38. The van der Waals surface area contributed by atoms with Crippen LogP contribution in [0.1, 0.15) is 23.6 Å². The van der Waals surface area contributed by atoms with Gasteiger partial charge in [0, 0.05) is 48.6 Å². The van der Waals surface area contributed by atoms with Gasteiger partial charge in [-0.1, -0.05) is 18.2 Å². The number of alkyl halides is 3. The summed E-state index contributed by atoms with van der Waals surface area (Å²) in [6.07, 6.45) is -3.99. The smallest absolute Gasteiger partial charge is 0.406 e. The van der Waals surface area contributed by atoms with Crippen molar-refractivity contribution in [3.05, 3.63) is 82.3 Å². The van der Waals surface area contributed by atoms with E-state index in [0.29, 0.717) is 36.4 Å². The van der Waals surface area contributed by atoms with Gasteiger partial charge in [-0.3, -0.25) is 4.79 Å². The van der Waals surface area contributed by atoms with Crippen LogP contribution in [-0.4, -0.2) is 34.9 Å². The van der Waals surface area contributed by atoms with Gasteiger partial charge < -0.3 is 19.5 Å². The third-order valence-corrected chi connectivity index (χ3v) is 6.52. The van der Waals surface area contributed by atoms with Gasteiger partial charge in [0.15, 0.2) is 0 Å². The summed E-state index contributed by atoms with van der Waals surface area (Å²) in [6, 6.07) is 17.1. The van der Waals surface area contributed by atoms with E-state index in [-0.39, 0.29) is 29.2 Å². The van der Waals surface area contributed by atoms with E-state index < -0.39 is 6.36 Å². The minimum Gasteiger partial charge on any atom is -0.406 e. The lowest BCUT2D eigenvalue weighted by Crippen LogP contribution is -2.50. The number of urea groups is 1. The van der Waals surface area contributed by atoms with Crippen LogP contribution in [0.5, 0.6) is 5.75 Å². The molecular formula is C26H21F3N4O3. The van der Waals surface area contributed by atoms with E-state index in [2.05, 4.69) is 10.1 Å². The maximum atomic E-state index is 13.0. The number of likely N-dealkylation sites (tertiary alicyclic amines) is 1. The average molecular weight is 494 g/mol. The number of anilines is 1. The van der Waals surface area contributed by atoms with Crippen molar-refractivity contribution in [3.63, 3.8) is 0 Å². The van der Waals surface area contributed by atoms with Gasteiger partial charge in [0.25, 0.3) is 5.56 Å². The Labute approximate surface area is 204 Å². The van der Waals surface area contributed by atoms with Gasteiger partial charge in [-0.15, -0.1) is 13.2 Å². The van der Waals surface area contributed by atoms with E-state index in [1.807, 2.05) is 6.07 Å². The first-order valence-electron chi connectivity index (χ1n) is 11.4. The number of fused-ring (bicyclic) bond motifs is 4. The van der Waals surface area contributed by atoms with Crippen LogP contribution in [0.4, 0.5) is 23.7 Å². The topological polar surface area (TPSA) is 87.4 Å². The van der Waals surface area contributed by atoms with Crippen molar-refractivity contribution in [2.24, 2.45) is 5.92 Å². The molecule has 0 unspecified atom stereocenters. The number of hydrogen-bond donors (Lipinski definition) is 1. The van der Waals surface area contributed by atoms with Gasteiger partial charge in [-0.25, -0.2) is 4.79 Å². The number of nitrogens with one attached hydrogen (secondary N) is 1. The molecule has 0 aliphatic carbocycles. The van der Waals surface area contributed by atoms with Gasteiger partial charge in [0.1, 0.15) is 5.75 Å². The number of halogens is 3. The zero-order chi connectivity index (χ0) is 25.4. The molecule has 0 spiro atoms. The van der Waals surface area contributed by atoms with Crippen molar-refractivity contribution >= 4 is 11.7 Å². The van der Waals surface area contributed by atoms with E-state index in [1.54, 1.807) is 39.8 Å². The molecule has 0 saturated carbocycles. The molecule has 1 N–H and O–H groups in total. The van der Waals surface area contributed by atoms with Gasteiger partial charge >= 0.3 is 12.4 Å². The van der Waals surface area contributed by atoms with Gasteiger partial charge in [-0.2, -0.15) is 5.26 Å². The number of benzene rings is 2. The first-order valence-corrected chi connectivity index (χ1v) is 11.4. The fraction of sp³-hybridized carbons (Fsp3) is 0.269. The molecule has 1 fully saturated rings. The molecule has 7 nitrogen and oxygen atoms in total. The maximum absolute atomic E-state index is 13.0. The van der Waals surface area contributed by atoms with Crippen molar-refractivity contribution in [1.82, 2.24) is 9.47 Å². The second-order valence-corrected chi connectivity index (χ2v) is 8.98. The van der Waals surface area contributed by atoms with Crippen LogP contribution in [-0.2, 0) is 6.54 Å². The molecule has 184 valence electrons. The molecule has 2 aliphatic heterocycles. The molecule has 2 aromatic carbocycles. The number of nitrogens with zero attached hydrogens (tertiary/aromatic N) is 3. The molecule has 10 heteroatoms.